The van der Waals surface area contributed by atoms with Gasteiger partial charge in [0.05, 0.1) is 23.6 Å². The van der Waals surface area contributed by atoms with Gasteiger partial charge < -0.3 is 5.32 Å². The first-order valence-electron chi connectivity index (χ1n) is 8.55. The van der Waals surface area contributed by atoms with E-state index in [1.807, 2.05) is 49.7 Å². The van der Waals surface area contributed by atoms with Crippen molar-refractivity contribution in [2.45, 2.75) is 52.3 Å². The number of carbonyl (C=O) groups is 1. The summed E-state index contributed by atoms with van der Waals surface area (Å²) in [6.45, 7) is 6.09. The quantitative estimate of drug-likeness (QED) is 0.883. The number of carbonyl (C=O) groups excluding carboxylic acids is 1. The number of fused-ring (bicyclic) bond motifs is 1. The Morgan fingerprint density at radius 1 is 1.35 bits per heavy atom. The van der Waals surface area contributed by atoms with Gasteiger partial charge in [-0.1, -0.05) is 32.0 Å². The molecule has 0 spiro atoms. The van der Waals surface area contributed by atoms with Crippen LogP contribution in [0.1, 0.15) is 49.6 Å². The van der Waals surface area contributed by atoms with Crippen LogP contribution in [-0.2, 0) is 11.2 Å². The number of rotatable bonds is 3. The fraction of sp³-hybridized carbons (Fsp3) is 0.474. The van der Waals surface area contributed by atoms with Crippen LogP contribution in [0.25, 0.3) is 5.69 Å². The predicted octanol–water partition coefficient (Wildman–Crippen LogP) is 4.26. The first kappa shape index (κ1) is 18.5. The Bertz CT molecular complexity index is 824. The highest BCUT2D eigenvalue weighted by Crippen LogP contribution is 2.41. The zero-order valence-electron chi connectivity index (χ0n) is 15.0. The van der Waals surface area contributed by atoms with Crippen molar-refractivity contribution in [2.75, 3.05) is 0 Å². The molecule has 0 saturated carbocycles. The summed E-state index contributed by atoms with van der Waals surface area (Å²) in [5.41, 5.74) is 3.56. The molecule has 1 aromatic heterocycles. The van der Waals surface area contributed by atoms with E-state index >= 15 is 0 Å². The van der Waals surface area contributed by atoms with E-state index < -0.39 is 24.5 Å². The molecule has 0 saturated heterocycles. The molecule has 1 atom stereocenters. The molecule has 1 aromatic carbocycles. The zero-order chi connectivity index (χ0) is 19.1. The fourth-order valence-corrected chi connectivity index (χ4v) is 3.61. The smallest absolute Gasteiger partial charge is 0.349 e. The minimum Gasteiger partial charge on any atom is -0.349 e. The van der Waals surface area contributed by atoms with Gasteiger partial charge in [0, 0.05) is 5.56 Å². The lowest BCUT2D eigenvalue weighted by atomic mass is 9.74. The largest absolute Gasteiger partial charge is 0.397 e. The number of benzene rings is 1. The average Bonchev–Trinajstić information content (AvgIpc) is 2.88. The molecule has 1 N–H and O–H groups in total. The number of aryl methyl sites for hydroxylation is 1. The third-order valence-corrected chi connectivity index (χ3v) is 4.72. The number of nitrogens with zero attached hydrogens (tertiary/aromatic N) is 2. The summed E-state index contributed by atoms with van der Waals surface area (Å²) >= 11 is 0. The van der Waals surface area contributed by atoms with Crippen LogP contribution < -0.4 is 5.32 Å². The molecule has 3 rings (SSSR count). The third kappa shape index (κ3) is 3.92. The van der Waals surface area contributed by atoms with Crippen LogP contribution in [-0.4, -0.2) is 21.9 Å². The van der Waals surface area contributed by atoms with E-state index in [9.17, 15) is 18.0 Å². The number of aromatic nitrogens is 2. The maximum Gasteiger partial charge on any atom is 0.397 e. The van der Waals surface area contributed by atoms with Crippen LogP contribution in [0.5, 0.6) is 0 Å². The van der Waals surface area contributed by atoms with Gasteiger partial charge in [0.25, 0.3) is 0 Å². The number of alkyl halides is 3. The van der Waals surface area contributed by atoms with Crippen molar-refractivity contribution in [2.24, 2.45) is 5.41 Å². The van der Waals surface area contributed by atoms with Crippen LogP contribution in [0, 0.1) is 12.3 Å². The van der Waals surface area contributed by atoms with Gasteiger partial charge in [-0.15, -0.1) is 0 Å². The standard InChI is InChI=1S/C19H22F3N3O/c1-12-6-4-5-7-15(12)25-16-9-18(2,3)8-14(13(16)11-23-25)24-17(26)10-19(20,21)22/h4-7,11,14H,8-10H2,1-3H3,(H,24,26). The monoisotopic (exact) mass is 365 g/mol. The van der Waals surface area contributed by atoms with Gasteiger partial charge in [0.15, 0.2) is 0 Å². The lowest BCUT2D eigenvalue weighted by molar-refractivity contribution is -0.154. The normalized spacial score (nSPS) is 19.1. The topological polar surface area (TPSA) is 46.9 Å². The molecule has 140 valence electrons. The van der Waals surface area contributed by atoms with E-state index in [2.05, 4.69) is 10.4 Å². The molecule has 1 unspecified atom stereocenters. The summed E-state index contributed by atoms with van der Waals surface area (Å²) in [6, 6.07) is 7.34. The van der Waals surface area contributed by atoms with E-state index in [-0.39, 0.29) is 5.41 Å². The van der Waals surface area contributed by atoms with Crippen molar-refractivity contribution in [1.82, 2.24) is 15.1 Å². The molecule has 4 nitrogen and oxygen atoms in total. The first-order chi connectivity index (χ1) is 12.1. The van der Waals surface area contributed by atoms with Crippen LogP contribution in [0.15, 0.2) is 30.5 Å². The van der Waals surface area contributed by atoms with Crippen LogP contribution in [0.4, 0.5) is 13.2 Å². The van der Waals surface area contributed by atoms with Gasteiger partial charge in [-0.05, 0) is 36.8 Å². The highest BCUT2D eigenvalue weighted by molar-refractivity contribution is 5.77. The molecule has 0 fully saturated rings. The molecule has 0 aliphatic heterocycles. The van der Waals surface area contributed by atoms with Crippen molar-refractivity contribution >= 4 is 5.91 Å². The number of hydrogen-bond acceptors (Lipinski definition) is 2. The summed E-state index contributed by atoms with van der Waals surface area (Å²) in [4.78, 5) is 11.8. The Hall–Kier alpha value is -2.31. The highest BCUT2D eigenvalue weighted by Gasteiger charge is 2.38. The molecule has 26 heavy (non-hydrogen) atoms. The molecular formula is C19H22F3N3O. The molecule has 0 bridgehead atoms. The summed E-state index contributed by atoms with van der Waals surface area (Å²) in [6.07, 6.45) is -3.01. The number of halogens is 3. The van der Waals surface area contributed by atoms with E-state index in [1.54, 1.807) is 6.20 Å². The summed E-state index contributed by atoms with van der Waals surface area (Å²) in [5, 5.41) is 7.02. The van der Waals surface area contributed by atoms with Crippen molar-refractivity contribution < 1.29 is 18.0 Å². The molecule has 2 aromatic rings. The second kappa shape index (κ2) is 6.45. The Labute approximate surface area is 150 Å². The van der Waals surface area contributed by atoms with Gasteiger partial charge in [0.2, 0.25) is 5.91 Å². The van der Waals surface area contributed by atoms with Gasteiger partial charge >= 0.3 is 6.18 Å². The highest BCUT2D eigenvalue weighted by atomic mass is 19.4. The second-order valence-electron chi connectivity index (χ2n) is 7.70. The van der Waals surface area contributed by atoms with Crippen molar-refractivity contribution in [3.63, 3.8) is 0 Å². The first-order valence-corrected chi connectivity index (χ1v) is 8.55. The predicted molar refractivity (Wildman–Crippen MR) is 92.0 cm³/mol. The SMILES string of the molecule is Cc1ccccc1-n1ncc2c1CC(C)(C)CC2NC(=O)CC(F)(F)F. The number of nitrogens with one attached hydrogen (secondary N) is 1. The zero-order valence-corrected chi connectivity index (χ0v) is 15.0. The Balaban J connectivity index is 1.95. The van der Waals surface area contributed by atoms with E-state index in [0.29, 0.717) is 6.42 Å². The Morgan fingerprint density at radius 2 is 2.04 bits per heavy atom. The van der Waals surface area contributed by atoms with Gasteiger partial charge in [-0.3, -0.25) is 4.79 Å². The summed E-state index contributed by atoms with van der Waals surface area (Å²) < 4.78 is 39.3. The summed E-state index contributed by atoms with van der Waals surface area (Å²) in [5.74, 6) is -1.00. The van der Waals surface area contributed by atoms with Gasteiger partial charge in [0.1, 0.15) is 6.42 Å². The van der Waals surface area contributed by atoms with Crippen LogP contribution in [0.3, 0.4) is 0 Å². The molecule has 0 radical (unpaired) electrons. The van der Waals surface area contributed by atoms with E-state index in [0.717, 1.165) is 28.9 Å². The summed E-state index contributed by atoms with van der Waals surface area (Å²) in [7, 11) is 0. The molecule has 1 aliphatic rings. The third-order valence-electron chi connectivity index (χ3n) is 4.72. The Kier molecular flexibility index (Phi) is 4.58. The molecule has 1 aliphatic carbocycles. The minimum absolute atomic E-state index is 0.163. The van der Waals surface area contributed by atoms with Gasteiger partial charge in [-0.2, -0.15) is 18.3 Å². The van der Waals surface area contributed by atoms with Crippen molar-refractivity contribution in [3.05, 3.63) is 47.3 Å². The van der Waals surface area contributed by atoms with Crippen LogP contribution >= 0.6 is 0 Å². The Morgan fingerprint density at radius 3 is 2.69 bits per heavy atom. The number of hydrogen-bond donors (Lipinski definition) is 1. The molecular weight excluding hydrogens is 343 g/mol. The molecule has 1 amide bonds. The van der Waals surface area contributed by atoms with Crippen LogP contribution in [0.2, 0.25) is 0 Å². The van der Waals surface area contributed by atoms with E-state index in [1.165, 1.54) is 0 Å². The second-order valence-corrected chi connectivity index (χ2v) is 7.70. The lowest BCUT2D eigenvalue weighted by Gasteiger charge is -2.36. The maximum absolute atomic E-state index is 12.5. The average molecular weight is 365 g/mol. The number of para-hydroxylation sites is 1. The maximum atomic E-state index is 12.5. The molecule has 7 heteroatoms. The van der Waals surface area contributed by atoms with Gasteiger partial charge in [-0.25, -0.2) is 4.68 Å². The van der Waals surface area contributed by atoms with Crippen molar-refractivity contribution in [1.29, 1.82) is 0 Å². The number of amides is 1. The van der Waals surface area contributed by atoms with Crippen molar-refractivity contribution in [3.8, 4) is 5.69 Å². The lowest BCUT2D eigenvalue weighted by Crippen LogP contribution is -2.38. The fourth-order valence-electron chi connectivity index (χ4n) is 3.61. The minimum atomic E-state index is -4.51. The molecule has 1 heterocycles. The van der Waals surface area contributed by atoms with E-state index in [4.69, 9.17) is 0 Å².